The second-order valence-electron chi connectivity index (χ2n) is 6.32. The number of nitrogens with one attached hydrogen (secondary N) is 1. The smallest absolute Gasteiger partial charge is 0.231 e. The van der Waals surface area contributed by atoms with Crippen molar-refractivity contribution in [1.29, 1.82) is 0 Å². The van der Waals surface area contributed by atoms with Gasteiger partial charge in [-0.3, -0.25) is 9.59 Å². The molecule has 1 N–H and O–H groups in total. The Morgan fingerprint density at radius 1 is 1.15 bits per heavy atom. The highest BCUT2D eigenvalue weighted by atomic mass is 79.9. The topological polar surface area (TPSA) is 55.4 Å². The fraction of sp³-hybridized carbons (Fsp3) is 0.867. The fourth-order valence-corrected chi connectivity index (χ4v) is 1.89. The lowest BCUT2D eigenvalue weighted by Crippen LogP contribution is -2.45. The minimum absolute atomic E-state index is 0.0252. The van der Waals surface area contributed by atoms with E-state index in [2.05, 4.69) is 21.2 Å². The third-order valence-electron chi connectivity index (χ3n) is 3.22. The number of carbonyl (C=O) groups is 2. The van der Waals surface area contributed by atoms with E-state index in [1.54, 1.807) is 0 Å². The average Bonchev–Trinajstić information content (AvgIpc) is 2.34. The van der Waals surface area contributed by atoms with Crippen LogP contribution in [0.15, 0.2) is 0 Å². The number of rotatable bonds is 10. The quantitative estimate of drug-likeness (QED) is 0.616. The molecule has 0 radical (unpaired) electrons. The van der Waals surface area contributed by atoms with Crippen LogP contribution < -0.4 is 5.32 Å². The van der Waals surface area contributed by atoms with Crippen molar-refractivity contribution in [3.8, 4) is 0 Å². The van der Waals surface area contributed by atoms with Gasteiger partial charge >= 0.3 is 0 Å². The molecule has 20 heavy (non-hydrogen) atoms. The molecule has 0 bridgehead atoms. The summed E-state index contributed by atoms with van der Waals surface area (Å²) in [6, 6.07) is 0. The molecule has 0 spiro atoms. The molecule has 0 saturated heterocycles. The molecule has 0 fully saturated rings. The SMILES string of the molecule is CCC(=O)CCC(C)(C)OCCC(C)(C)NC(=O)CBr. The molecule has 0 aromatic rings. The third-order valence-corrected chi connectivity index (χ3v) is 3.73. The molecule has 0 rings (SSSR count). The second-order valence-corrected chi connectivity index (χ2v) is 6.88. The van der Waals surface area contributed by atoms with E-state index in [9.17, 15) is 9.59 Å². The van der Waals surface area contributed by atoms with Crippen LogP contribution in [0.1, 0.15) is 60.3 Å². The molecule has 0 aromatic carbocycles. The molecule has 118 valence electrons. The minimum atomic E-state index is -0.305. The zero-order chi connectivity index (χ0) is 15.8. The van der Waals surface area contributed by atoms with Crippen LogP contribution in [0.2, 0.25) is 0 Å². The van der Waals surface area contributed by atoms with E-state index in [0.717, 1.165) is 12.8 Å². The molecule has 0 aliphatic heterocycles. The van der Waals surface area contributed by atoms with E-state index in [4.69, 9.17) is 4.74 Å². The Morgan fingerprint density at radius 2 is 1.75 bits per heavy atom. The van der Waals surface area contributed by atoms with E-state index in [1.165, 1.54) is 0 Å². The minimum Gasteiger partial charge on any atom is -0.375 e. The molecule has 0 saturated carbocycles. The summed E-state index contributed by atoms with van der Waals surface area (Å²) >= 11 is 3.13. The van der Waals surface area contributed by atoms with E-state index < -0.39 is 0 Å². The highest BCUT2D eigenvalue weighted by Crippen LogP contribution is 2.19. The Kier molecular flexibility index (Phi) is 8.59. The molecular weight excluding hydrogens is 322 g/mol. The van der Waals surface area contributed by atoms with E-state index in [0.29, 0.717) is 24.8 Å². The third kappa shape index (κ3) is 9.48. The normalized spacial score (nSPS) is 12.3. The van der Waals surface area contributed by atoms with Gasteiger partial charge in [-0.15, -0.1) is 0 Å². The summed E-state index contributed by atoms with van der Waals surface area (Å²) in [4.78, 5) is 22.7. The predicted octanol–water partition coefficient (Wildman–Crippen LogP) is 3.22. The number of alkyl halides is 1. The number of carbonyl (C=O) groups excluding carboxylic acids is 2. The first kappa shape index (κ1) is 19.6. The Balaban J connectivity index is 4.07. The molecule has 4 nitrogen and oxygen atoms in total. The van der Waals surface area contributed by atoms with Gasteiger partial charge in [0.15, 0.2) is 0 Å². The number of ether oxygens (including phenoxy) is 1. The predicted molar refractivity (Wildman–Crippen MR) is 85.2 cm³/mol. The maximum atomic E-state index is 11.4. The molecule has 0 atom stereocenters. The monoisotopic (exact) mass is 349 g/mol. The zero-order valence-corrected chi connectivity index (χ0v) is 14.9. The summed E-state index contributed by atoms with van der Waals surface area (Å²) in [5.74, 6) is 0.245. The second kappa shape index (κ2) is 8.78. The van der Waals surface area contributed by atoms with E-state index in [1.807, 2.05) is 34.6 Å². The summed E-state index contributed by atoms with van der Waals surface area (Å²) in [6.07, 6.45) is 2.61. The van der Waals surface area contributed by atoms with Gasteiger partial charge in [0, 0.05) is 25.0 Å². The van der Waals surface area contributed by atoms with Gasteiger partial charge in [-0.25, -0.2) is 0 Å². The van der Waals surface area contributed by atoms with Crippen molar-refractivity contribution < 1.29 is 14.3 Å². The van der Waals surface area contributed by atoms with Crippen molar-refractivity contribution in [1.82, 2.24) is 5.32 Å². The molecule has 0 heterocycles. The first-order valence-corrected chi connectivity index (χ1v) is 8.26. The van der Waals surface area contributed by atoms with Gasteiger partial charge in [0.1, 0.15) is 5.78 Å². The number of hydrogen-bond acceptors (Lipinski definition) is 3. The number of amides is 1. The summed E-state index contributed by atoms with van der Waals surface area (Å²) < 4.78 is 5.86. The maximum absolute atomic E-state index is 11.4. The number of hydrogen-bond donors (Lipinski definition) is 1. The lowest BCUT2D eigenvalue weighted by atomic mass is 9.98. The van der Waals surface area contributed by atoms with Crippen LogP contribution >= 0.6 is 15.9 Å². The molecule has 5 heteroatoms. The molecule has 1 amide bonds. The van der Waals surface area contributed by atoms with Gasteiger partial charge in [0.25, 0.3) is 0 Å². The summed E-state index contributed by atoms with van der Waals surface area (Å²) in [5.41, 5.74) is -0.597. The average molecular weight is 350 g/mol. The summed E-state index contributed by atoms with van der Waals surface area (Å²) in [7, 11) is 0. The van der Waals surface area contributed by atoms with Crippen LogP contribution in [-0.4, -0.2) is 34.8 Å². The van der Waals surface area contributed by atoms with Crippen LogP contribution in [0.25, 0.3) is 0 Å². The Morgan fingerprint density at radius 3 is 2.25 bits per heavy atom. The zero-order valence-electron chi connectivity index (χ0n) is 13.3. The standard InChI is InChI=1S/C15H28BrNO3/c1-6-12(18)7-8-15(4,5)20-10-9-14(2,3)17-13(19)11-16/h6-11H2,1-5H3,(H,17,19). The largest absolute Gasteiger partial charge is 0.375 e. The number of ketones is 1. The van der Waals surface area contributed by atoms with E-state index in [-0.39, 0.29) is 22.8 Å². The van der Waals surface area contributed by atoms with Crippen molar-refractivity contribution in [2.24, 2.45) is 0 Å². The Labute approximate surface area is 131 Å². The van der Waals surface area contributed by atoms with Gasteiger partial charge in [-0.1, -0.05) is 22.9 Å². The van der Waals surface area contributed by atoms with Crippen LogP contribution in [0.4, 0.5) is 0 Å². The first-order valence-electron chi connectivity index (χ1n) is 7.14. The number of halogens is 1. The van der Waals surface area contributed by atoms with Crippen molar-refractivity contribution in [2.45, 2.75) is 71.4 Å². The Bertz CT molecular complexity index is 327. The molecule has 0 aliphatic carbocycles. The summed E-state index contributed by atoms with van der Waals surface area (Å²) in [6.45, 7) is 10.4. The lowest BCUT2D eigenvalue weighted by molar-refractivity contribution is -0.122. The highest BCUT2D eigenvalue weighted by molar-refractivity contribution is 9.09. The van der Waals surface area contributed by atoms with Crippen LogP contribution in [0.5, 0.6) is 0 Å². The van der Waals surface area contributed by atoms with Crippen molar-refractivity contribution in [3.05, 3.63) is 0 Å². The lowest BCUT2D eigenvalue weighted by Gasteiger charge is -2.30. The first-order chi connectivity index (χ1) is 9.12. The molecule has 0 aromatic heterocycles. The van der Waals surface area contributed by atoms with Gasteiger partial charge in [-0.05, 0) is 40.5 Å². The number of Topliss-reactive ketones (excluding diaryl/α,β-unsaturated/α-hetero) is 1. The summed E-state index contributed by atoms with van der Waals surface area (Å²) in [5, 5.41) is 3.24. The van der Waals surface area contributed by atoms with Crippen molar-refractivity contribution >= 4 is 27.6 Å². The molecular formula is C15H28BrNO3. The van der Waals surface area contributed by atoms with Gasteiger partial charge in [-0.2, -0.15) is 0 Å². The van der Waals surface area contributed by atoms with Gasteiger partial charge in [0.05, 0.1) is 10.9 Å². The van der Waals surface area contributed by atoms with Gasteiger partial charge in [0.2, 0.25) is 5.91 Å². The van der Waals surface area contributed by atoms with E-state index >= 15 is 0 Å². The Hall–Kier alpha value is -0.420. The van der Waals surface area contributed by atoms with Gasteiger partial charge < -0.3 is 10.1 Å². The van der Waals surface area contributed by atoms with Crippen LogP contribution in [-0.2, 0) is 14.3 Å². The molecule has 0 unspecified atom stereocenters. The highest BCUT2D eigenvalue weighted by Gasteiger charge is 2.23. The fourth-order valence-electron chi connectivity index (χ4n) is 1.75. The van der Waals surface area contributed by atoms with Crippen molar-refractivity contribution in [2.75, 3.05) is 11.9 Å². The maximum Gasteiger partial charge on any atom is 0.231 e. The molecule has 0 aliphatic rings. The van der Waals surface area contributed by atoms with Crippen LogP contribution in [0.3, 0.4) is 0 Å². The van der Waals surface area contributed by atoms with Crippen molar-refractivity contribution in [3.63, 3.8) is 0 Å². The van der Waals surface area contributed by atoms with Crippen LogP contribution in [0, 0.1) is 0 Å².